The third-order valence-corrected chi connectivity index (χ3v) is 19.7. The Morgan fingerprint density at radius 1 is 0.950 bits per heavy atom. The number of pyridine rings is 1. The lowest BCUT2D eigenvalue weighted by molar-refractivity contribution is -0.384. The minimum absolute atomic E-state index is 0.00311. The molecule has 5 aromatic rings. The largest absolute Gasteiger partial charge is 0.491 e. The lowest BCUT2D eigenvalue weighted by Gasteiger charge is -2.60. The van der Waals surface area contributed by atoms with Gasteiger partial charge in [-0.1, -0.05) is 18.2 Å². The Labute approximate surface area is 466 Å². The summed E-state index contributed by atoms with van der Waals surface area (Å²) in [5.74, 6) is 0.0921. The van der Waals surface area contributed by atoms with Crippen LogP contribution in [-0.2, 0) is 19.5 Å². The summed E-state index contributed by atoms with van der Waals surface area (Å²) in [6.07, 6.45) is 7.17. The van der Waals surface area contributed by atoms with Gasteiger partial charge in [-0.25, -0.2) is 17.5 Å². The molecule has 2 aliphatic carbocycles. The molecule has 5 fully saturated rings. The topological polar surface area (TPSA) is 223 Å². The number of nitrogens with zero attached hydrogens (tertiary/aromatic N) is 5. The molecule has 7 heterocycles. The Hall–Kier alpha value is -6.26. The number of anilines is 4. The molecule has 1 spiro atoms. The number of nitrogens with one attached hydrogen (secondary N) is 3. The highest BCUT2D eigenvalue weighted by Gasteiger charge is 2.55. The quantitative estimate of drug-likeness (QED) is 0.0714. The molecule has 4 N–H and O–H groups in total. The van der Waals surface area contributed by atoms with E-state index in [1.807, 2.05) is 35.2 Å². The molecule has 2 aromatic heterocycles. The van der Waals surface area contributed by atoms with Gasteiger partial charge in [-0.2, -0.15) is 4.98 Å². The Bertz CT molecular complexity index is 3320. The standard InChI is InChI=1S/C59H73FN8O11S/c1-35(2)78-48-10-8-7-9-41(48)47-32-76-24-20-56(4,5)67(47)39-30-58(31-39)19-22-65(36(3)29-58)38-11-12-42(44(26-38)66-43-14-23-75-33-50(43)79-55-46(66)25-37-13-21-61-53(37)63-55)54(69)64-80(73,74)40-27-45(68(71)72)52-49(28-40)77-34-51(62-52)59(60)17-15-57(6,70)16-18-59/h7-13,21,25-28,35-36,39,43,47,50-51,62,70H,14-20,22-24,29-34H2,1-6H3,(H,61,63)(H,64,69)/t36-,39?,43+,47+,50+,51-,57?,58?,59?/m1/s1. The molecular weight excluding hydrogens is 1050 g/mol. The van der Waals surface area contributed by atoms with Gasteiger partial charge in [0.05, 0.1) is 64.1 Å². The molecule has 80 heavy (non-hydrogen) atoms. The van der Waals surface area contributed by atoms with E-state index in [1.165, 1.54) is 0 Å². The first-order valence-electron chi connectivity index (χ1n) is 28.3. The van der Waals surface area contributed by atoms with Crippen molar-refractivity contribution in [2.75, 3.05) is 54.7 Å². The first-order valence-corrected chi connectivity index (χ1v) is 29.8. The molecule has 1 amide bonds. The van der Waals surface area contributed by atoms with Gasteiger partial charge in [-0.3, -0.25) is 19.8 Å². The number of aromatic amines is 1. The van der Waals surface area contributed by atoms with Crippen LogP contribution in [0.4, 0.5) is 32.8 Å². The van der Waals surface area contributed by atoms with E-state index in [0.717, 1.165) is 73.2 Å². The third kappa shape index (κ3) is 9.97. The second kappa shape index (κ2) is 20.3. The van der Waals surface area contributed by atoms with Gasteiger partial charge in [0.2, 0.25) is 5.88 Å². The van der Waals surface area contributed by atoms with Crippen molar-refractivity contribution in [1.82, 2.24) is 19.6 Å². The van der Waals surface area contributed by atoms with Gasteiger partial charge in [-0.05, 0) is 148 Å². The van der Waals surface area contributed by atoms with Gasteiger partial charge in [0, 0.05) is 72.3 Å². The summed E-state index contributed by atoms with van der Waals surface area (Å²) in [5, 5.41) is 26.9. The summed E-state index contributed by atoms with van der Waals surface area (Å²) in [5.41, 5.74) is 0.00685. The molecule has 19 nitrogen and oxygen atoms in total. The molecule has 21 heteroatoms. The first kappa shape index (κ1) is 54.3. The number of nitro groups is 1. The highest BCUT2D eigenvalue weighted by Crippen LogP contribution is 2.57. The molecule has 7 aliphatic rings. The SMILES string of the molecule is CC(C)Oc1ccccc1[C@@H]1COCCC(C)(C)N1C1CC2(CCN(c3ccc(C(=O)NS(=O)(=O)c4cc5c(c([N+](=O)[O-])c4)N[C@@H](C4(F)CCC(C)(O)CC4)CO5)c(N4c5cc6cc[nH]c6nc5O[C@H]5COCC[C@@H]54)c3)[C@H](C)C2)C1. The third-order valence-electron chi connectivity index (χ3n) is 18.4. The Morgan fingerprint density at radius 2 is 1.73 bits per heavy atom. The van der Waals surface area contributed by atoms with E-state index in [0.29, 0.717) is 55.2 Å². The van der Waals surface area contributed by atoms with Gasteiger partial charge in [0.25, 0.3) is 21.6 Å². The van der Waals surface area contributed by atoms with Crippen LogP contribution in [0.5, 0.6) is 17.4 Å². The van der Waals surface area contributed by atoms with Gasteiger partial charge in [0.1, 0.15) is 35.5 Å². The van der Waals surface area contributed by atoms with Gasteiger partial charge in [-0.15, -0.1) is 0 Å². The lowest BCUT2D eigenvalue weighted by Crippen LogP contribution is -2.62. The number of halogens is 1. The number of sulfonamides is 1. The summed E-state index contributed by atoms with van der Waals surface area (Å²) >= 11 is 0. The number of fused-ring (bicyclic) bond motifs is 4. The Morgan fingerprint density at radius 3 is 2.49 bits per heavy atom. The molecule has 3 aromatic carbocycles. The van der Waals surface area contributed by atoms with Crippen molar-refractivity contribution in [1.29, 1.82) is 0 Å². The fraction of sp³-hybridized carbons (Fsp3) is 0.559. The molecule has 12 rings (SSSR count). The number of rotatable bonds is 11. The zero-order valence-electron chi connectivity index (χ0n) is 46.3. The van der Waals surface area contributed by atoms with Crippen molar-refractivity contribution in [2.45, 2.75) is 170 Å². The molecule has 0 bridgehead atoms. The number of carbonyl (C=O) groups is 1. The number of benzene rings is 3. The van der Waals surface area contributed by atoms with Crippen LogP contribution >= 0.6 is 0 Å². The van der Waals surface area contributed by atoms with Gasteiger partial charge >= 0.3 is 0 Å². The number of carbonyl (C=O) groups excluding carboxylic acids is 1. The number of aliphatic hydroxyl groups is 1. The molecule has 3 saturated heterocycles. The van der Waals surface area contributed by atoms with Crippen LogP contribution in [0.15, 0.2) is 77.8 Å². The lowest BCUT2D eigenvalue weighted by atomic mass is 9.58. The number of alkyl halides is 1. The number of para-hydroxylation sites is 1. The molecular formula is C59H73FN8O11S. The number of piperidine rings is 1. The van der Waals surface area contributed by atoms with Crippen LogP contribution in [0.25, 0.3) is 11.0 Å². The number of H-pyrrole nitrogens is 1. The average Bonchev–Trinajstić information content (AvgIpc) is 3.93. The predicted molar refractivity (Wildman–Crippen MR) is 300 cm³/mol. The fourth-order valence-corrected chi connectivity index (χ4v) is 15.2. The number of aromatic nitrogens is 2. The van der Waals surface area contributed by atoms with Crippen molar-refractivity contribution in [3.05, 3.63) is 94.2 Å². The van der Waals surface area contributed by atoms with E-state index in [4.69, 9.17) is 28.7 Å². The van der Waals surface area contributed by atoms with E-state index in [1.54, 1.807) is 19.2 Å². The highest BCUT2D eigenvalue weighted by atomic mass is 32.2. The molecule has 0 radical (unpaired) electrons. The van der Waals surface area contributed by atoms with Crippen molar-refractivity contribution >= 4 is 55.4 Å². The maximum Gasteiger partial charge on any atom is 0.297 e. The summed E-state index contributed by atoms with van der Waals surface area (Å²) < 4.78 is 78.8. The van der Waals surface area contributed by atoms with Crippen molar-refractivity contribution < 1.29 is 51.3 Å². The second-order valence-electron chi connectivity index (χ2n) is 24.8. The summed E-state index contributed by atoms with van der Waals surface area (Å²) in [4.78, 5) is 41.5. The number of nitro benzene ring substituents is 1. The van der Waals surface area contributed by atoms with Crippen molar-refractivity contribution in [2.24, 2.45) is 5.41 Å². The van der Waals surface area contributed by atoms with E-state index in [-0.39, 0.29) is 91.1 Å². The zero-order chi connectivity index (χ0) is 56.1. The minimum atomic E-state index is -4.83. The molecule has 5 atom stereocenters. The highest BCUT2D eigenvalue weighted by molar-refractivity contribution is 7.90. The normalized spacial score (nSPS) is 30.4. The molecule has 428 valence electrons. The Kier molecular flexibility index (Phi) is 13.8. The number of hydrogen-bond donors (Lipinski definition) is 4. The van der Waals surface area contributed by atoms with Crippen LogP contribution < -0.4 is 34.0 Å². The van der Waals surface area contributed by atoms with Crippen LogP contribution in [0.1, 0.15) is 128 Å². The maximum atomic E-state index is 16.4. The zero-order valence-corrected chi connectivity index (χ0v) is 47.2. The van der Waals surface area contributed by atoms with E-state index < -0.39 is 54.9 Å². The van der Waals surface area contributed by atoms with E-state index >= 15 is 4.39 Å². The van der Waals surface area contributed by atoms with E-state index in [9.17, 15) is 28.4 Å². The average molecular weight is 1120 g/mol. The molecule has 5 aliphatic heterocycles. The minimum Gasteiger partial charge on any atom is -0.491 e. The number of ether oxygens (including phenoxy) is 5. The monoisotopic (exact) mass is 1120 g/mol. The second-order valence-corrected chi connectivity index (χ2v) is 26.4. The van der Waals surface area contributed by atoms with Gasteiger partial charge < -0.3 is 48.9 Å². The molecule has 2 saturated carbocycles. The smallest absolute Gasteiger partial charge is 0.297 e. The number of amides is 1. The van der Waals surface area contributed by atoms with E-state index in [2.05, 4.69) is 77.6 Å². The Balaban J connectivity index is 0.848. The van der Waals surface area contributed by atoms with Gasteiger partial charge in [0.15, 0.2) is 11.4 Å². The van der Waals surface area contributed by atoms with Crippen molar-refractivity contribution in [3.8, 4) is 17.4 Å². The van der Waals surface area contributed by atoms with Crippen LogP contribution in [0.2, 0.25) is 0 Å². The van der Waals surface area contributed by atoms with Crippen LogP contribution in [-0.4, -0.2) is 132 Å². The molecule has 0 unspecified atom stereocenters. The first-order chi connectivity index (χ1) is 38.1. The van der Waals surface area contributed by atoms with Crippen LogP contribution in [0, 0.1) is 15.5 Å². The summed E-state index contributed by atoms with van der Waals surface area (Å²) in [6.45, 7) is 15.2. The predicted octanol–water partition coefficient (Wildman–Crippen LogP) is 9.65. The maximum absolute atomic E-state index is 16.4. The summed E-state index contributed by atoms with van der Waals surface area (Å²) in [7, 11) is -4.83. The van der Waals surface area contributed by atoms with Crippen molar-refractivity contribution in [3.63, 3.8) is 0 Å². The van der Waals surface area contributed by atoms with Crippen LogP contribution in [0.3, 0.4) is 0 Å². The fourth-order valence-electron chi connectivity index (χ4n) is 14.2. The number of hydrogen-bond acceptors (Lipinski definition) is 16. The summed E-state index contributed by atoms with van der Waals surface area (Å²) in [6, 6.07) is 18.8.